The van der Waals surface area contributed by atoms with Crippen molar-refractivity contribution in [2.24, 2.45) is 0 Å². The summed E-state index contributed by atoms with van der Waals surface area (Å²) in [5, 5.41) is 3.61. The van der Waals surface area contributed by atoms with Crippen LogP contribution in [0.1, 0.15) is 58.8 Å². The second-order valence-electron chi connectivity index (χ2n) is 7.39. The Morgan fingerprint density at radius 2 is 1.39 bits per heavy atom. The zero-order chi connectivity index (χ0) is 19.8. The van der Waals surface area contributed by atoms with Crippen molar-refractivity contribution in [2.75, 3.05) is 13.2 Å². The van der Waals surface area contributed by atoms with Crippen molar-refractivity contribution in [3.8, 4) is 11.5 Å². The van der Waals surface area contributed by atoms with E-state index < -0.39 is 0 Å². The van der Waals surface area contributed by atoms with Gasteiger partial charge in [-0.25, -0.2) is 4.39 Å². The minimum atomic E-state index is -0.275. The van der Waals surface area contributed by atoms with Gasteiger partial charge in [0.15, 0.2) is 11.6 Å². The normalized spacial score (nSPS) is 11.2. The van der Waals surface area contributed by atoms with Gasteiger partial charge in [0.05, 0.1) is 13.2 Å². The van der Waals surface area contributed by atoms with E-state index >= 15 is 0 Å². The van der Waals surface area contributed by atoms with Crippen LogP contribution in [0.25, 0.3) is 21.5 Å². The topological polar surface area (TPSA) is 18.5 Å². The quantitative estimate of drug-likeness (QED) is 0.250. The first-order chi connectivity index (χ1) is 13.7. The molecule has 0 amide bonds. The van der Waals surface area contributed by atoms with Crippen molar-refractivity contribution in [3.05, 3.63) is 48.3 Å². The summed E-state index contributed by atoms with van der Waals surface area (Å²) in [6.07, 6.45) is 8.09. The Labute approximate surface area is 167 Å². The molecule has 3 heteroatoms. The summed E-state index contributed by atoms with van der Waals surface area (Å²) >= 11 is 0. The van der Waals surface area contributed by atoms with E-state index in [4.69, 9.17) is 9.47 Å². The summed E-state index contributed by atoms with van der Waals surface area (Å²) in [4.78, 5) is 0. The van der Waals surface area contributed by atoms with E-state index in [0.717, 1.165) is 47.8 Å². The summed E-state index contributed by atoms with van der Waals surface area (Å²) in [7, 11) is 0. The minimum Gasteiger partial charge on any atom is -0.494 e. The van der Waals surface area contributed by atoms with E-state index in [1.165, 1.54) is 25.7 Å². The van der Waals surface area contributed by atoms with Gasteiger partial charge in [0.1, 0.15) is 5.75 Å². The Bertz CT molecular complexity index is 904. The van der Waals surface area contributed by atoms with Crippen LogP contribution in [0.2, 0.25) is 0 Å². The van der Waals surface area contributed by atoms with Crippen LogP contribution in [0.5, 0.6) is 11.5 Å². The lowest BCUT2D eigenvalue weighted by Crippen LogP contribution is -1.99. The molecule has 28 heavy (non-hydrogen) atoms. The molecule has 0 saturated heterocycles. The fourth-order valence-electron chi connectivity index (χ4n) is 3.49. The fourth-order valence-corrected chi connectivity index (χ4v) is 3.49. The van der Waals surface area contributed by atoms with Crippen LogP contribution in [-0.2, 0) is 0 Å². The van der Waals surface area contributed by atoms with Crippen molar-refractivity contribution in [3.63, 3.8) is 0 Å². The molecule has 0 radical (unpaired) electrons. The lowest BCUT2D eigenvalue weighted by Gasteiger charge is -2.12. The van der Waals surface area contributed by atoms with E-state index in [0.29, 0.717) is 17.7 Å². The van der Waals surface area contributed by atoms with Crippen LogP contribution in [0.3, 0.4) is 0 Å². The summed E-state index contributed by atoms with van der Waals surface area (Å²) in [5.41, 5.74) is 0. The Morgan fingerprint density at radius 1 is 0.679 bits per heavy atom. The largest absolute Gasteiger partial charge is 0.494 e. The van der Waals surface area contributed by atoms with Gasteiger partial charge in [-0.2, -0.15) is 0 Å². The van der Waals surface area contributed by atoms with Gasteiger partial charge in [0.2, 0.25) is 0 Å². The second kappa shape index (κ2) is 10.3. The molecule has 0 fully saturated rings. The molecule has 3 aromatic carbocycles. The minimum absolute atomic E-state index is 0.275. The first-order valence-corrected chi connectivity index (χ1v) is 10.6. The van der Waals surface area contributed by atoms with Crippen molar-refractivity contribution < 1.29 is 13.9 Å². The molecule has 0 aliphatic carbocycles. The molecule has 0 bridgehead atoms. The van der Waals surface area contributed by atoms with Gasteiger partial charge in [0, 0.05) is 5.39 Å². The molecule has 3 aromatic rings. The third-order valence-electron chi connectivity index (χ3n) is 5.16. The first-order valence-electron chi connectivity index (χ1n) is 10.6. The highest BCUT2D eigenvalue weighted by atomic mass is 19.1. The van der Waals surface area contributed by atoms with Crippen LogP contribution in [-0.4, -0.2) is 13.2 Å². The molecule has 0 aliphatic rings. The lowest BCUT2D eigenvalue weighted by atomic mass is 10.0. The van der Waals surface area contributed by atoms with Gasteiger partial charge >= 0.3 is 0 Å². The molecule has 0 saturated carbocycles. The van der Waals surface area contributed by atoms with Crippen molar-refractivity contribution >= 4 is 21.5 Å². The molecule has 0 unspecified atom stereocenters. The van der Waals surface area contributed by atoms with Gasteiger partial charge in [-0.3, -0.25) is 0 Å². The van der Waals surface area contributed by atoms with Crippen molar-refractivity contribution in [1.82, 2.24) is 0 Å². The van der Waals surface area contributed by atoms with E-state index in [9.17, 15) is 4.39 Å². The highest BCUT2D eigenvalue weighted by molar-refractivity contribution is 6.08. The van der Waals surface area contributed by atoms with E-state index in [-0.39, 0.29) is 5.82 Å². The van der Waals surface area contributed by atoms with E-state index in [2.05, 4.69) is 13.8 Å². The van der Waals surface area contributed by atoms with Crippen molar-refractivity contribution in [1.29, 1.82) is 0 Å². The summed E-state index contributed by atoms with van der Waals surface area (Å²) < 4.78 is 26.4. The monoisotopic (exact) mass is 382 g/mol. The molecular formula is C25H31FO2. The third kappa shape index (κ3) is 4.95. The van der Waals surface area contributed by atoms with Gasteiger partial charge in [-0.1, -0.05) is 64.2 Å². The average Bonchev–Trinajstić information content (AvgIpc) is 2.72. The number of fused-ring (bicyclic) bond motifs is 3. The molecule has 0 heterocycles. The standard InChI is InChI=1S/C25H31FO2/c1-3-5-7-8-9-17-27-20-11-13-21-19(18-20)10-12-23-22(21)14-15-24(25(23)26)28-16-6-4-2/h10-15,18H,3-9,16-17H2,1-2H3. The van der Waals surface area contributed by atoms with Gasteiger partial charge in [-0.15, -0.1) is 0 Å². The maximum absolute atomic E-state index is 14.8. The Morgan fingerprint density at radius 3 is 2.21 bits per heavy atom. The zero-order valence-corrected chi connectivity index (χ0v) is 17.1. The van der Waals surface area contributed by atoms with Gasteiger partial charge in [-0.05, 0) is 53.3 Å². The molecule has 0 atom stereocenters. The molecular weight excluding hydrogens is 351 g/mol. The summed E-state index contributed by atoms with van der Waals surface area (Å²) in [6.45, 7) is 5.61. The number of benzene rings is 3. The van der Waals surface area contributed by atoms with Gasteiger partial charge < -0.3 is 9.47 Å². The fraction of sp³-hybridized carbons (Fsp3) is 0.440. The maximum Gasteiger partial charge on any atom is 0.172 e. The third-order valence-corrected chi connectivity index (χ3v) is 5.16. The average molecular weight is 383 g/mol. The van der Waals surface area contributed by atoms with Crippen LogP contribution >= 0.6 is 0 Å². The van der Waals surface area contributed by atoms with Crippen LogP contribution in [0, 0.1) is 5.82 Å². The Hall–Kier alpha value is -2.29. The number of hydrogen-bond donors (Lipinski definition) is 0. The van der Waals surface area contributed by atoms with E-state index in [1.807, 2.05) is 36.4 Å². The predicted molar refractivity (Wildman–Crippen MR) is 116 cm³/mol. The summed E-state index contributed by atoms with van der Waals surface area (Å²) in [6, 6.07) is 13.6. The first kappa shape index (κ1) is 20.4. The SMILES string of the molecule is CCCCCCCOc1ccc2c(ccc3c(F)c(OCCCC)ccc32)c1. The molecule has 2 nitrogen and oxygen atoms in total. The second-order valence-corrected chi connectivity index (χ2v) is 7.39. The smallest absolute Gasteiger partial charge is 0.172 e. The molecule has 3 rings (SSSR count). The molecule has 0 aliphatic heterocycles. The number of ether oxygens (including phenoxy) is 2. The maximum atomic E-state index is 14.8. The van der Waals surface area contributed by atoms with Crippen LogP contribution < -0.4 is 9.47 Å². The highest BCUT2D eigenvalue weighted by Crippen LogP contribution is 2.33. The van der Waals surface area contributed by atoms with E-state index in [1.54, 1.807) is 6.07 Å². The Kier molecular flexibility index (Phi) is 7.53. The van der Waals surface area contributed by atoms with Gasteiger partial charge in [0.25, 0.3) is 0 Å². The predicted octanol–water partition coefficient (Wildman–Crippen LogP) is 7.66. The Balaban J connectivity index is 1.74. The number of hydrogen-bond acceptors (Lipinski definition) is 2. The summed E-state index contributed by atoms with van der Waals surface area (Å²) in [5.74, 6) is 0.938. The van der Waals surface area contributed by atoms with Crippen molar-refractivity contribution in [2.45, 2.75) is 58.8 Å². The molecule has 0 N–H and O–H groups in total. The molecule has 150 valence electrons. The number of halogens is 1. The lowest BCUT2D eigenvalue weighted by molar-refractivity contribution is 0.295. The van der Waals surface area contributed by atoms with Crippen LogP contribution in [0.4, 0.5) is 4.39 Å². The molecule has 0 spiro atoms. The highest BCUT2D eigenvalue weighted by Gasteiger charge is 2.11. The number of rotatable bonds is 11. The zero-order valence-electron chi connectivity index (χ0n) is 17.1. The number of unbranched alkanes of at least 4 members (excludes halogenated alkanes) is 5. The van der Waals surface area contributed by atoms with Crippen LogP contribution in [0.15, 0.2) is 42.5 Å². The molecule has 0 aromatic heterocycles.